The SMILES string of the molecule is CCN1C(=O)c2ccccc2N[C@]12CCC[C@@H](C)C2. The van der Waals surface area contributed by atoms with E-state index in [2.05, 4.69) is 19.2 Å². The summed E-state index contributed by atoms with van der Waals surface area (Å²) < 4.78 is 0. The number of fused-ring (bicyclic) bond motifs is 1. The van der Waals surface area contributed by atoms with Crippen molar-refractivity contribution in [3.63, 3.8) is 0 Å². The van der Waals surface area contributed by atoms with Crippen LogP contribution in [0.25, 0.3) is 0 Å². The van der Waals surface area contributed by atoms with Gasteiger partial charge in [0.15, 0.2) is 0 Å². The van der Waals surface area contributed by atoms with Crippen LogP contribution in [0.4, 0.5) is 5.69 Å². The average molecular weight is 258 g/mol. The third-order valence-corrected chi connectivity index (χ3v) is 4.58. The molecule has 1 heterocycles. The Morgan fingerprint density at radius 1 is 1.42 bits per heavy atom. The van der Waals surface area contributed by atoms with Crippen LogP contribution in [-0.4, -0.2) is 23.0 Å². The Hall–Kier alpha value is -1.51. The van der Waals surface area contributed by atoms with Crippen molar-refractivity contribution < 1.29 is 4.79 Å². The summed E-state index contributed by atoms with van der Waals surface area (Å²) in [7, 11) is 0. The second-order valence-corrected chi connectivity index (χ2v) is 5.95. The molecule has 3 heteroatoms. The van der Waals surface area contributed by atoms with Crippen LogP contribution in [0.2, 0.25) is 0 Å². The summed E-state index contributed by atoms with van der Waals surface area (Å²) in [5.41, 5.74) is 1.66. The molecule has 0 bridgehead atoms. The van der Waals surface area contributed by atoms with Gasteiger partial charge in [-0.05, 0) is 44.2 Å². The molecule has 2 atom stereocenters. The van der Waals surface area contributed by atoms with Crippen molar-refractivity contribution in [2.24, 2.45) is 5.92 Å². The highest BCUT2D eigenvalue weighted by Gasteiger charge is 2.45. The van der Waals surface area contributed by atoms with Crippen molar-refractivity contribution in [2.45, 2.75) is 45.2 Å². The lowest BCUT2D eigenvalue weighted by Crippen LogP contribution is -2.61. The molecule has 1 N–H and O–H groups in total. The number of carbonyl (C=O) groups is 1. The first-order chi connectivity index (χ1) is 9.16. The Balaban J connectivity index is 2.04. The molecule has 19 heavy (non-hydrogen) atoms. The van der Waals surface area contributed by atoms with Crippen LogP contribution >= 0.6 is 0 Å². The second kappa shape index (κ2) is 4.55. The fourth-order valence-electron chi connectivity index (χ4n) is 3.77. The minimum atomic E-state index is -0.155. The molecule has 3 nitrogen and oxygen atoms in total. The van der Waals surface area contributed by atoms with Crippen LogP contribution in [0.1, 0.15) is 49.9 Å². The summed E-state index contributed by atoms with van der Waals surface area (Å²) in [5.74, 6) is 0.860. The maximum atomic E-state index is 12.7. The quantitative estimate of drug-likeness (QED) is 0.836. The van der Waals surface area contributed by atoms with Crippen LogP contribution in [0.5, 0.6) is 0 Å². The number of nitrogens with zero attached hydrogens (tertiary/aromatic N) is 1. The third kappa shape index (κ3) is 1.92. The van der Waals surface area contributed by atoms with Gasteiger partial charge in [-0.2, -0.15) is 0 Å². The Morgan fingerprint density at radius 2 is 2.21 bits per heavy atom. The summed E-state index contributed by atoms with van der Waals surface area (Å²) in [6.07, 6.45) is 4.59. The van der Waals surface area contributed by atoms with E-state index in [1.807, 2.05) is 29.2 Å². The molecule has 1 aromatic rings. The number of anilines is 1. The van der Waals surface area contributed by atoms with Gasteiger partial charge >= 0.3 is 0 Å². The molecule has 1 spiro atoms. The summed E-state index contributed by atoms with van der Waals surface area (Å²) in [6, 6.07) is 7.89. The fraction of sp³-hybridized carbons (Fsp3) is 0.562. The van der Waals surface area contributed by atoms with Gasteiger partial charge in [0.1, 0.15) is 5.66 Å². The number of rotatable bonds is 1. The standard InChI is InChI=1S/C16H22N2O/c1-3-18-15(19)13-8-4-5-9-14(13)17-16(18)10-6-7-12(2)11-16/h4-5,8-9,12,17H,3,6-7,10-11H2,1-2H3/t12-,16-/m1/s1. The van der Waals surface area contributed by atoms with E-state index in [9.17, 15) is 4.79 Å². The molecule has 102 valence electrons. The van der Waals surface area contributed by atoms with Crippen molar-refractivity contribution in [1.29, 1.82) is 0 Å². The van der Waals surface area contributed by atoms with Crippen molar-refractivity contribution in [2.75, 3.05) is 11.9 Å². The van der Waals surface area contributed by atoms with Gasteiger partial charge in [0.05, 0.1) is 5.56 Å². The van der Waals surface area contributed by atoms with Crippen molar-refractivity contribution >= 4 is 11.6 Å². The van der Waals surface area contributed by atoms with Crippen LogP contribution in [0, 0.1) is 5.92 Å². The minimum absolute atomic E-state index is 0.155. The highest BCUT2D eigenvalue weighted by molar-refractivity contribution is 6.02. The van der Waals surface area contributed by atoms with Gasteiger partial charge < -0.3 is 10.2 Å². The highest BCUT2D eigenvalue weighted by atomic mass is 16.2. The normalized spacial score (nSPS) is 30.1. The van der Waals surface area contributed by atoms with Crippen molar-refractivity contribution in [1.82, 2.24) is 4.90 Å². The van der Waals surface area contributed by atoms with E-state index < -0.39 is 0 Å². The van der Waals surface area contributed by atoms with E-state index in [1.165, 1.54) is 12.8 Å². The second-order valence-electron chi connectivity index (χ2n) is 5.95. The van der Waals surface area contributed by atoms with Gasteiger partial charge in [0, 0.05) is 12.2 Å². The van der Waals surface area contributed by atoms with E-state index >= 15 is 0 Å². The molecular weight excluding hydrogens is 236 g/mol. The Morgan fingerprint density at radius 3 is 2.95 bits per heavy atom. The summed E-state index contributed by atoms with van der Waals surface area (Å²) in [6.45, 7) is 5.14. The fourth-order valence-corrected chi connectivity index (χ4v) is 3.77. The topological polar surface area (TPSA) is 32.3 Å². The molecule has 0 saturated heterocycles. The maximum Gasteiger partial charge on any atom is 0.257 e. The smallest absolute Gasteiger partial charge is 0.257 e. The van der Waals surface area contributed by atoms with Crippen molar-refractivity contribution in [3.05, 3.63) is 29.8 Å². The molecule has 1 aliphatic heterocycles. The Bertz CT molecular complexity index is 499. The number of nitrogens with one attached hydrogen (secondary N) is 1. The summed E-state index contributed by atoms with van der Waals surface area (Å²) >= 11 is 0. The molecule has 0 radical (unpaired) electrons. The maximum absolute atomic E-state index is 12.7. The van der Waals surface area contributed by atoms with E-state index in [-0.39, 0.29) is 11.6 Å². The van der Waals surface area contributed by atoms with Gasteiger partial charge in [-0.15, -0.1) is 0 Å². The van der Waals surface area contributed by atoms with E-state index in [0.29, 0.717) is 5.92 Å². The first-order valence-corrected chi connectivity index (χ1v) is 7.35. The molecule has 0 unspecified atom stereocenters. The van der Waals surface area contributed by atoms with E-state index in [1.54, 1.807) is 0 Å². The Kier molecular flexibility index (Phi) is 3.00. The van der Waals surface area contributed by atoms with Gasteiger partial charge in [-0.25, -0.2) is 0 Å². The zero-order valence-corrected chi connectivity index (χ0v) is 11.8. The van der Waals surface area contributed by atoms with Crippen LogP contribution in [0.15, 0.2) is 24.3 Å². The first kappa shape index (κ1) is 12.5. The minimum Gasteiger partial charge on any atom is -0.362 e. The number of hydrogen-bond donors (Lipinski definition) is 1. The van der Waals surface area contributed by atoms with Crippen LogP contribution < -0.4 is 5.32 Å². The zero-order valence-electron chi connectivity index (χ0n) is 11.8. The van der Waals surface area contributed by atoms with E-state index in [4.69, 9.17) is 0 Å². The lowest BCUT2D eigenvalue weighted by Gasteiger charge is -2.51. The van der Waals surface area contributed by atoms with Crippen LogP contribution in [-0.2, 0) is 0 Å². The van der Waals surface area contributed by atoms with Gasteiger partial charge in [-0.1, -0.05) is 25.5 Å². The summed E-state index contributed by atoms with van der Waals surface area (Å²) in [4.78, 5) is 14.8. The molecule has 0 aromatic heterocycles. The lowest BCUT2D eigenvalue weighted by atomic mass is 9.79. The van der Waals surface area contributed by atoms with E-state index in [0.717, 1.165) is 30.6 Å². The molecule has 3 rings (SSSR count). The molecule has 1 aliphatic carbocycles. The van der Waals surface area contributed by atoms with Gasteiger partial charge in [-0.3, -0.25) is 4.79 Å². The zero-order chi connectivity index (χ0) is 13.5. The molecule has 2 aliphatic rings. The highest BCUT2D eigenvalue weighted by Crippen LogP contribution is 2.41. The number of carbonyl (C=O) groups excluding carboxylic acids is 1. The predicted octanol–water partition coefficient (Wildman–Crippen LogP) is 3.48. The molecule has 1 aromatic carbocycles. The van der Waals surface area contributed by atoms with Crippen LogP contribution in [0.3, 0.4) is 0 Å². The largest absolute Gasteiger partial charge is 0.362 e. The Labute approximate surface area is 115 Å². The van der Waals surface area contributed by atoms with Gasteiger partial charge in [0.2, 0.25) is 0 Å². The van der Waals surface area contributed by atoms with Crippen molar-refractivity contribution in [3.8, 4) is 0 Å². The molecule has 1 saturated carbocycles. The predicted molar refractivity (Wildman–Crippen MR) is 77.1 cm³/mol. The van der Waals surface area contributed by atoms with Gasteiger partial charge in [0.25, 0.3) is 5.91 Å². The average Bonchev–Trinajstić information content (AvgIpc) is 2.39. The lowest BCUT2D eigenvalue weighted by molar-refractivity contribution is 0.0351. The number of para-hydroxylation sites is 1. The third-order valence-electron chi connectivity index (χ3n) is 4.58. The number of hydrogen-bond acceptors (Lipinski definition) is 2. The number of amides is 1. The molecule has 1 amide bonds. The number of benzene rings is 1. The monoisotopic (exact) mass is 258 g/mol. The molecular formula is C16H22N2O. The first-order valence-electron chi connectivity index (χ1n) is 7.35. The summed E-state index contributed by atoms with van der Waals surface area (Å²) in [5, 5.41) is 3.68. The molecule has 1 fully saturated rings.